The Kier molecular flexibility index (Phi) is 2.63. The zero-order chi connectivity index (χ0) is 12.4. The van der Waals surface area contributed by atoms with Crippen molar-refractivity contribution in [1.82, 2.24) is 9.55 Å². The highest BCUT2D eigenvalue weighted by atomic mass is 16.1. The highest BCUT2D eigenvalue weighted by molar-refractivity contribution is 5.99. The maximum atomic E-state index is 11.2. The van der Waals surface area contributed by atoms with Crippen molar-refractivity contribution in [3.05, 3.63) is 42.0 Å². The Hall–Kier alpha value is -2.61. The molecule has 0 atom stereocenters. The number of benzene rings is 1. The van der Waals surface area contributed by atoms with Gasteiger partial charge in [-0.1, -0.05) is 0 Å². The van der Waals surface area contributed by atoms with Gasteiger partial charge < -0.3 is 5.73 Å². The topological polar surface area (TPSA) is 84.7 Å². The molecular formula is C12H10N4O. The van der Waals surface area contributed by atoms with Crippen LogP contribution in [0.3, 0.4) is 0 Å². The van der Waals surface area contributed by atoms with Crippen LogP contribution in [0.2, 0.25) is 0 Å². The van der Waals surface area contributed by atoms with E-state index in [1.54, 1.807) is 29.0 Å². The molecule has 0 aliphatic heterocycles. The second kappa shape index (κ2) is 4.10. The SMILES string of the molecule is CC(=O)c1ccc(-n2ccnc2C#N)cc1N. The van der Waals surface area contributed by atoms with Crippen LogP contribution in [0.15, 0.2) is 30.6 Å². The van der Waals surface area contributed by atoms with Crippen LogP contribution in [0.4, 0.5) is 5.69 Å². The van der Waals surface area contributed by atoms with Gasteiger partial charge in [0.25, 0.3) is 0 Å². The number of hydrogen-bond acceptors (Lipinski definition) is 4. The lowest BCUT2D eigenvalue weighted by Gasteiger charge is -2.07. The summed E-state index contributed by atoms with van der Waals surface area (Å²) in [5.74, 6) is 0.195. The van der Waals surface area contributed by atoms with E-state index in [1.165, 1.54) is 13.1 Å². The van der Waals surface area contributed by atoms with Crippen LogP contribution >= 0.6 is 0 Å². The second-order valence-corrected chi connectivity index (χ2v) is 3.56. The number of Topliss-reactive ketones (excluding diaryl/α,β-unsaturated/α-hetero) is 1. The van der Waals surface area contributed by atoms with Gasteiger partial charge in [-0.3, -0.25) is 9.36 Å². The number of rotatable bonds is 2. The summed E-state index contributed by atoms with van der Waals surface area (Å²) in [6, 6.07) is 7.01. The summed E-state index contributed by atoms with van der Waals surface area (Å²) >= 11 is 0. The summed E-state index contributed by atoms with van der Waals surface area (Å²) in [6.45, 7) is 1.46. The largest absolute Gasteiger partial charge is 0.398 e. The number of hydrogen-bond donors (Lipinski definition) is 1. The van der Waals surface area contributed by atoms with Crippen molar-refractivity contribution in [3.63, 3.8) is 0 Å². The highest BCUT2D eigenvalue weighted by Crippen LogP contribution is 2.18. The van der Waals surface area contributed by atoms with E-state index in [9.17, 15) is 4.79 Å². The zero-order valence-corrected chi connectivity index (χ0v) is 9.21. The minimum atomic E-state index is -0.0832. The van der Waals surface area contributed by atoms with E-state index in [0.29, 0.717) is 16.9 Å². The predicted molar refractivity (Wildman–Crippen MR) is 62.7 cm³/mol. The van der Waals surface area contributed by atoms with E-state index in [0.717, 1.165) is 0 Å². The molecule has 0 saturated carbocycles. The molecule has 5 nitrogen and oxygen atoms in total. The minimum absolute atomic E-state index is 0.0832. The molecule has 0 aliphatic carbocycles. The molecule has 2 rings (SSSR count). The molecule has 0 unspecified atom stereocenters. The van der Waals surface area contributed by atoms with Gasteiger partial charge >= 0.3 is 0 Å². The molecule has 0 amide bonds. The number of imidazole rings is 1. The van der Waals surface area contributed by atoms with Crippen LogP contribution < -0.4 is 5.73 Å². The van der Waals surface area contributed by atoms with Crippen molar-refractivity contribution in [2.45, 2.75) is 6.92 Å². The normalized spacial score (nSPS) is 9.88. The quantitative estimate of drug-likeness (QED) is 0.621. The predicted octanol–water partition coefficient (Wildman–Crippen LogP) is 1.53. The number of nitrogens with zero attached hydrogens (tertiary/aromatic N) is 3. The smallest absolute Gasteiger partial charge is 0.217 e. The molecule has 1 aromatic carbocycles. The number of carbonyl (C=O) groups is 1. The maximum Gasteiger partial charge on any atom is 0.217 e. The van der Waals surface area contributed by atoms with Crippen LogP contribution in [-0.4, -0.2) is 15.3 Å². The zero-order valence-electron chi connectivity index (χ0n) is 9.21. The molecule has 0 saturated heterocycles. The summed E-state index contributed by atoms with van der Waals surface area (Å²) in [5.41, 5.74) is 7.37. The number of aromatic nitrogens is 2. The Morgan fingerprint density at radius 2 is 2.29 bits per heavy atom. The number of ketones is 1. The van der Waals surface area contributed by atoms with Crippen molar-refractivity contribution < 1.29 is 4.79 Å². The number of nitrogens with two attached hydrogens (primary N) is 1. The molecule has 5 heteroatoms. The molecule has 1 heterocycles. The minimum Gasteiger partial charge on any atom is -0.398 e. The molecule has 2 aromatic rings. The Balaban J connectivity index is 2.53. The van der Waals surface area contributed by atoms with Gasteiger partial charge in [-0.05, 0) is 25.1 Å². The third-order valence-electron chi connectivity index (χ3n) is 2.43. The first kappa shape index (κ1) is 10.9. The van der Waals surface area contributed by atoms with Gasteiger partial charge in [-0.15, -0.1) is 0 Å². The van der Waals surface area contributed by atoms with Crippen LogP contribution in [0.5, 0.6) is 0 Å². The van der Waals surface area contributed by atoms with Crippen molar-refractivity contribution in [3.8, 4) is 11.8 Å². The van der Waals surface area contributed by atoms with Crippen LogP contribution in [0.1, 0.15) is 23.1 Å². The first-order chi connectivity index (χ1) is 8.13. The monoisotopic (exact) mass is 226 g/mol. The third-order valence-corrected chi connectivity index (χ3v) is 2.43. The van der Waals surface area contributed by atoms with E-state index in [2.05, 4.69) is 4.98 Å². The molecule has 1 aromatic heterocycles. The summed E-state index contributed by atoms with van der Waals surface area (Å²) in [4.78, 5) is 15.1. The summed E-state index contributed by atoms with van der Waals surface area (Å²) in [7, 11) is 0. The number of nitrogen functional groups attached to an aromatic ring is 1. The second-order valence-electron chi connectivity index (χ2n) is 3.56. The van der Waals surface area contributed by atoms with Gasteiger partial charge in [0.05, 0.1) is 0 Å². The Morgan fingerprint density at radius 1 is 1.53 bits per heavy atom. The third kappa shape index (κ3) is 1.88. The van der Waals surface area contributed by atoms with Gasteiger partial charge in [0.15, 0.2) is 5.78 Å². The summed E-state index contributed by atoms with van der Waals surface area (Å²) in [5, 5.41) is 8.86. The molecule has 2 N–H and O–H groups in total. The maximum absolute atomic E-state index is 11.2. The van der Waals surface area contributed by atoms with Crippen LogP contribution in [0, 0.1) is 11.3 Å². The fourth-order valence-electron chi connectivity index (χ4n) is 1.62. The van der Waals surface area contributed by atoms with Crippen molar-refractivity contribution >= 4 is 11.5 Å². The fraction of sp³-hybridized carbons (Fsp3) is 0.0833. The van der Waals surface area contributed by atoms with Crippen LogP contribution in [0.25, 0.3) is 5.69 Å². The van der Waals surface area contributed by atoms with E-state index >= 15 is 0 Å². The average molecular weight is 226 g/mol. The lowest BCUT2D eigenvalue weighted by molar-refractivity contribution is 0.101. The van der Waals surface area contributed by atoms with Gasteiger partial charge in [-0.25, -0.2) is 4.98 Å². The number of carbonyl (C=O) groups excluding carboxylic acids is 1. The van der Waals surface area contributed by atoms with Crippen LogP contribution in [-0.2, 0) is 0 Å². The lowest BCUT2D eigenvalue weighted by atomic mass is 10.1. The Labute approximate surface area is 98.1 Å². The first-order valence-corrected chi connectivity index (χ1v) is 4.97. The molecule has 0 spiro atoms. The Bertz CT molecular complexity index is 622. The van der Waals surface area contributed by atoms with Gasteiger partial charge in [0.2, 0.25) is 5.82 Å². The van der Waals surface area contributed by atoms with E-state index in [-0.39, 0.29) is 11.6 Å². The van der Waals surface area contributed by atoms with E-state index in [4.69, 9.17) is 11.0 Å². The van der Waals surface area contributed by atoms with Crippen molar-refractivity contribution in [2.24, 2.45) is 0 Å². The lowest BCUT2D eigenvalue weighted by Crippen LogP contribution is -2.03. The van der Waals surface area contributed by atoms with Crippen molar-refractivity contribution in [1.29, 1.82) is 5.26 Å². The van der Waals surface area contributed by atoms with Gasteiger partial charge in [0.1, 0.15) is 6.07 Å². The average Bonchev–Trinajstić information content (AvgIpc) is 2.76. The fourth-order valence-corrected chi connectivity index (χ4v) is 1.62. The van der Waals surface area contributed by atoms with Gasteiger partial charge in [0, 0.05) is 29.3 Å². The van der Waals surface area contributed by atoms with Crippen molar-refractivity contribution in [2.75, 3.05) is 5.73 Å². The molecule has 0 bridgehead atoms. The Morgan fingerprint density at radius 3 is 2.88 bits per heavy atom. The van der Waals surface area contributed by atoms with E-state index in [1.807, 2.05) is 6.07 Å². The van der Waals surface area contributed by atoms with Gasteiger partial charge in [-0.2, -0.15) is 5.26 Å². The molecule has 0 fully saturated rings. The molecule has 0 aliphatic rings. The number of anilines is 1. The molecule has 0 radical (unpaired) electrons. The first-order valence-electron chi connectivity index (χ1n) is 4.97. The standard InChI is InChI=1S/C12H10N4O/c1-8(17)10-3-2-9(6-11(10)14)16-5-4-15-12(16)7-13/h2-6H,14H2,1H3. The summed E-state index contributed by atoms with van der Waals surface area (Å²) in [6.07, 6.45) is 3.20. The summed E-state index contributed by atoms with van der Waals surface area (Å²) < 4.78 is 1.61. The molecular weight excluding hydrogens is 216 g/mol. The highest BCUT2D eigenvalue weighted by Gasteiger charge is 2.08. The molecule has 84 valence electrons. The molecule has 17 heavy (non-hydrogen) atoms. The van der Waals surface area contributed by atoms with E-state index < -0.39 is 0 Å². The number of nitriles is 1.